The number of aryl methyl sites for hydroxylation is 2. The van der Waals surface area contributed by atoms with Crippen LogP contribution in [0.5, 0.6) is 0 Å². The summed E-state index contributed by atoms with van der Waals surface area (Å²) in [4.78, 5) is 9.20. The molecule has 0 saturated heterocycles. The summed E-state index contributed by atoms with van der Waals surface area (Å²) in [6.07, 6.45) is 0. The molecule has 0 aliphatic rings. The number of hydrogen-bond acceptors (Lipinski definition) is 2. The predicted octanol–water partition coefficient (Wildman–Crippen LogP) is 7.24. The Bertz CT molecular complexity index is 573. The third-order valence-electron chi connectivity index (χ3n) is 3.19. The normalized spacial score (nSPS) is 11.0. The molecule has 0 radical (unpaired) electrons. The van der Waals surface area contributed by atoms with Gasteiger partial charge < -0.3 is 0 Å². The van der Waals surface area contributed by atoms with Gasteiger partial charge in [-0.15, -0.1) is 0 Å². The minimum atomic E-state index is 0.939. The third kappa shape index (κ3) is 7.87. The van der Waals surface area contributed by atoms with E-state index >= 15 is 0 Å². The lowest BCUT2D eigenvalue weighted by Gasteiger charge is -2.02. The van der Waals surface area contributed by atoms with E-state index < -0.39 is 0 Å². The minimum absolute atomic E-state index is 0.939. The second-order valence-electron chi connectivity index (χ2n) is 5.07. The summed E-state index contributed by atoms with van der Waals surface area (Å²) in [7, 11) is 0. The first-order valence-corrected chi connectivity index (χ1v) is 8.79. The highest BCUT2D eigenvalue weighted by Crippen LogP contribution is 2.15. The van der Waals surface area contributed by atoms with Crippen LogP contribution in [0.1, 0.15) is 52.7 Å². The first-order chi connectivity index (χ1) is 11.5. The fourth-order valence-corrected chi connectivity index (χ4v) is 1.79. The molecular formula is C22H32N2. The molecule has 0 spiro atoms. The molecule has 0 unspecified atom stereocenters. The minimum Gasteiger partial charge on any atom is -0.252 e. The molecule has 0 bridgehead atoms. The van der Waals surface area contributed by atoms with Crippen LogP contribution in [0, 0.1) is 13.8 Å². The fourth-order valence-electron chi connectivity index (χ4n) is 1.79. The summed E-state index contributed by atoms with van der Waals surface area (Å²) in [5, 5.41) is 0. The molecule has 0 aliphatic heterocycles. The Morgan fingerprint density at radius 1 is 0.542 bits per heavy atom. The summed E-state index contributed by atoms with van der Waals surface area (Å²) >= 11 is 0. The third-order valence-corrected chi connectivity index (χ3v) is 3.19. The number of benzene rings is 2. The van der Waals surface area contributed by atoms with Crippen molar-refractivity contribution >= 4 is 22.8 Å². The van der Waals surface area contributed by atoms with Gasteiger partial charge in [-0.05, 0) is 52.0 Å². The van der Waals surface area contributed by atoms with E-state index in [1.54, 1.807) is 0 Å². The number of hydrogen-bond donors (Lipinski definition) is 0. The zero-order chi connectivity index (χ0) is 18.5. The average Bonchev–Trinajstić information content (AvgIpc) is 2.62. The Labute approximate surface area is 148 Å². The summed E-state index contributed by atoms with van der Waals surface area (Å²) < 4.78 is 0. The molecule has 0 atom stereocenters. The van der Waals surface area contributed by atoms with E-state index in [0.717, 1.165) is 22.8 Å². The molecule has 24 heavy (non-hydrogen) atoms. The fraction of sp³-hybridized carbons (Fsp3) is 0.364. The van der Waals surface area contributed by atoms with Gasteiger partial charge >= 0.3 is 0 Å². The molecule has 2 nitrogen and oxygen atoms in total. The lowest BCUT2D eigenvalue weighted by Crippen LogP contribution is -2.04. The topological polar surface area (TPSA) is 24.7 Å². The Hall–Kier alpha value is -2.22. The van der Waals surface area contributed by atoms with Crippen molar-refractivity contribution in [3.05, 3.63) is 59.7 Å². The van der Waals surface area contributed by atoms with Gasteiger partial charge in [-0.3, -0.25) is 9.98 Å². The largest absolute Gasteiger partial charge is 0.252 e. The maximum atomic E-state index is 4.60. The monoisotopic (exact) mass is 324 g/mol. The van der Waals surface area contributed by atoms with Crippen molar-refractivity contribution in [2.24, 2.45) is 9.98 Å². The first kappa shape index (κ1) is 21.8. The molecule has 2 rings (SSSR count). The summed E-state index contributed by atoms with van der Waals surface area (Å²) in [5.41, 5.74) is 6.29. The predicted molar refractivity (Wildman–Crippen MR) is 111 cm³/mol. The highest BCUT2D eigenvalue weighted by atomic mass is 14.8. The molecule has 2 aromatic carbocycles. The number of aliphatic imine (C=N–C) groups is 2. The molecular weight excluding hydrogens is 292 g/mol. The standard InChI is InChI=1S/C18H20N2.2C2H6/c1-13-5-9-17(10-6-13)19-15(3)16(4)20-18-11-7-14(2)8-12-18;2*1-2/h5-12H,1-4H3;2*1-2H3. The molecule has 2 aromatic rings. The molecule has 0 aromatic heterocycles. The number of rotatable bonds is 3. The maximum Gasteiger partial charge on any atom is 0.0633 e. The molecule has 0 fully saturated rings. The van der Waals surface area contributed by atoms with E-state index in [1.807, 2.05) is 65.8 Å². The van der Waals surface area contributed by atoms with Gasteiger partial charge in [0.05, 0.1) is 22.8 Å². The van der Waals surface area contributed by atoms with Gasteiger partial charge in [0.25, 0.3) is 0 Å². The van der Waals surface area contributed by atoms with Gasteiger partial charge in [0.1, 0.15) is 0 Å². The van der Waals surface area contributed by atoms with Gasteiger partial charge in [0.2, 0.25) is 0 Å². The van der Waals surface area contributed by atoms with Crippen molar-refractivity contribution in [3.63, 3.8) is 0 Å². The van der Waals surface area contributed by atoms with Crippen LogP contribution < -0.4 is 0 Å². The van der Waals surface area contributed by atoms with Crippen LogP contribution in [-0.2, 0) is 0 Å². The molecule has 0 amide bonds. The summed E-state index contributed by atoms with van der Waals surface area (Å²) in [6, 6.07) is 16.4. The zero-order valence-corrected chi connectivity index (χ0v) is 16.5. The Balaban J connectivity index is 0.00000123. The molecule has 0 N–H and O–H groups in total. The van der Waals surface area contributed by atoms with Crippen molar-refractivity contribution in [2.75, 3.05) is 0 Å². The van der Waals surface area contributed by atoms with Crippen molar-refractivity contribution in [1.82, 2.24) is 0 Å². The van der Waals surface area contributed by atoms with E-state index in [9.17, 15) is 0 Å². The smallest absolute Gasteiger partial charge is 0.0633 e. The second kappa shape index (κ2) is 12.2. The average molecular weight is 325 g/mol. The van der Waals surface area contributed by atoms with E-state index in [4.69, 9.17) is 0 Å². The highest BCUT2D eigenvalue weighted by molar-refractivity contribution is 6.41. The molecule has 130 valence electrons. The lowest BCUT2D eigenvalue weighted by molar-refractivity contribution is 1.42. The maximum absolute atomic E-state index is 4.60. The Morgan fingerprint density at radius 2 is 0.792 bits per heavy atom. The zero-order valence-electron chi connectivity index (χ0n) is 16.5. The molecule has 0 aliphatic carbocycles. The summed E-state index contributed by atoms with van der Waals surface area (Å²) in [5.74, 6) is 0. The van der Waals surface area contributed by atoms with Crippen molar-refractivity contribution < 1.29 is 0 Å². The van der Waals surface area contributed by atoms with Crippen LogP contribution in [0.3, 0.4) is 0 Å². The van der Waals surface area contributed by atoms with Gasteiger partial charge in [-0.1, -0.05) is 63.1 Å². The second-order valence-corrected chi connectivity index (χ2v) is 5.07. The van der Waals surface area contributed by atoms with Crippen LogP contribution in [0.4, 0.5) is 11.4 Å². The van der Waals surface area contributed by atoms with Gasteiger partial charge in [-0.2, -0.15) is 0 Å². The van der Waals surface area contributed by atoms with E-state index in [2.05, 4.69) is 48.1 Å². The van der Waals surface area contributed by atoms with E-state index in [-0.39, 0.29) is 0 Å². The first-order valence-electron chi connectivity index (χ1n) is 8.79. The van der Waals surface area contributed by atoms with Crippen LogP contribution in [0.25, 0.3) is 0 Å². The van der Waals surface area contributed by atoms with Crippen LogP contribution in [-0.4, -0.2) is 11.4 Å². The van der Waals surface area contributed by atoms with E-state index in [0.29, 0.717) is 0 Å². The lowest BCUT2D eigenvalue weighted by atomic mass is 10.2. The Morgan fingerprint density at radius 3 is 1.04 bits per heavy atom. The molecule has 0 heterocycles. The Kier molecular flexibility index (Phi) is 11.1. The van der Waals surface area contributed by atoms with Crippen molar-refractivity contribution in [1.29, 1.82) is 0 Å². The number of nitrogens with zero attached hydrogens (tertiary/aromatic N) is 2. The van der Waals surface area contributed by atoms with Gasteiger partial charge in [0, 0.05) is 0 Å². The summed E-state index contributed by atoms with van der Waals surface area (Å²) in [6.45, 7) is 16.1. The quantitative estimate of drug-likeness (QED) is 0.531. The molecule has 0 saturated carbocycles. The molecule has 2 heteroatoms. The van der Waals surface area contributed by atoms with Crippen LogP contribution >= 0.6 is 0 Å². The van der Waals surface area contributed by atoms with Gasteiger partial charge in [-0.25, -0.2) is 0 Å². The van der Waals surface area contributed by atoms with Crippen LogP contribution in [0.2, 0.25) is 0 Å². The van der Waals surface area contributed by atoms with Gasteiger partial charge in [0.15, 0.2) is 0 Å². The van der Waals surface area contributed by atoms with Crippen molar-refractivity contribution in [3.8, 4) is 0 Å². The highest BCUT2D eigenvalue weighted by Gasteiger charge is 1.99. The SMILES string of the molecule is CC.CC.CC(=Nc1ccc(C)cc1)C(C)=Nc1ccc(C)cc1. The van der Waals surface area contributed by atoms with Crippen LogP contribution in [0.15, 0.2) is 58.5 Å². The van der Waals surface area contributed by atoms with E-state index in [1.165, 1.54) is 11.1 Å². The van der Waals surface area contributed by atoms with Crippen molar-refractivity contribution in [2.45, 2.75) is 55.4 Å².